The van der Waals surface area contributed by atoms with Crippen LogP contribution in [0.1, 0.15) is 19.3 Å². The smallest absolute Gasteiger partial charge is 0.153 e. The molecule has 4 unspecified atom stereocenters. The molecule has 0 amide bonds. The minimum atomic E-state index is 0.471. The van der Waals surface area contributed by atoms with E-state index >= 15 is 0 Å². The Labute approximate surface area is 99.6 Å². The summed E-state index contributed by atoms with van der Waals surface area (Å²) >= 11 is 5.83. The van der Waals surface area contributed by atoms with Crippen molar-refractivity contribution in [1.29, 1.82) is 0 Å². The molecule has 3 aliphatic rings. The molecule has 0 radical (unpaired) electrons. The Hall–Kier alpha value is -0.830. The number of hydrogen-bond donors (Lipinski definition) is 1. The molecule has 1 heterocycles. The van der Waals surface area contributed by atoms with E-state index in [4.69, 9.17) is 11.6 Å². The fraction of sp³-hybridized carbons (Fsp3) is 0.667. The van der Waals surface area contributed by atoms with E-state index in [1.54, 1.807) is 6.20 Å². The Morgan fingerprint density at radius 1 is 1.25 bits per heavy atom. The number of fused-ring (bicyclic) bond motifs is 5. The first-order valence-corrected chi connectivity index (χ1v) is 6.45. The van der Waals surface area contributed by atoms with Gasteiger partial charge in [0.05, 0.1) is 11.9 Å². The highest BCUT2D eigenvalue weighted by Gasteiger charge is 2.64. The lowest BCUT2D eigenvalue weighted by molar-refractivity contribution is 0.456. The largest absolute Gasteiger partial charge is 0.380 e. The van der Waals surface area contributed by atoms with Crippen molar-refractivity contribution in [3.8, 4) is 0 Å². The highest BCUT2D eigenvalue weighted by molar-refractivity contribution is 6.29. The molecular formula is C12H14ClN3. The summed E-state index contributed by atoms with van der Waals surface area (Å²) in [6.07, 6.45) is 6.17. The number of hydrogen-bond acceptors (Lipinski definition) is 3. The average molecular weight is 236 g/mol. The molecule has 4 atom stereocenters. The quantitative estimate of drug-likeness (QED) is 0.856. The summed E-state index contributed by atoms with van der Waals surface area (Å²) in [5.41, 5.74) is 1.03. The van der Waals surface area contributed by atoms with Crippen LogP contribution >= 0.6 is 11.6 Å². The molecule has 0 aromatic carbocycles. The lowest BCUT2D eigenvalue weighted by Gasteiger charge is -2.11. The van der Waals surface area contributed by atoms with Crippen molar-refractivity contribution in [1.82, 2.24) is 10.2 Å². The molecular weight excluding hydrogens is 222 g/mol. The molecule has 3 fully saturated rings. The first-order chi connectivity index (χ1) is 7.83. The van der Waals surface area contributed by atoms with E-state index in [1.807, 2.05) is 6.07 Å². The molecule has 4 heteroatoms. The maximum Gasteiger partial charge on any atom is 0.153 e. The van der Waals surface area contributed by atoms with Crippen LogP contribution in [0.5, 0.6) is 0 Å². The number of rotatable bonds is 2. The van der Waals surface area contributed by atoms with Crippen molar-refractivity contribution >= 4 is 17.3 Å². The fourth-order valence-electron chi connectivity index (χ4n) is 4.13. The highest BCUT2D eigenvalue weighted by atomic mass is 35.5. The van der Waals surface area contributed by atoms with Gasteiger partial charge in [-0.05, 0) is 42.9 Å². The van der Waals surface area contributed by atoms with Crippen LogP contribution in [0.3, 0.4) is 0 Å². The van der Waals surface area contributed by atoms with E-state index in [9.17, 15) is 0 Å². The van der Waals surface area contributed by atoms with Crippen molar-refractivity contribution in [3.63, 3.8) is 0 Å². The summed E-state index contributed by atoms with van der Waals surface area (Å²) < 4.78 is 0. The van der Waals surface area contributed by atoms with E-state index in [0.717, 1.165) is 29.4 Å². The summed E-state index contributed by atoms with van der Waals surface area (Å²) in [7, 11) is 0. The Bertz CT molecular complexity index is 420. The zero-order valence-corrected chi connectivity index (χ0v) is 9.69. The monoisotopic (exact) mass is 235 g/mol. The second kappa shape index (κ2) is 3.10. The molecule has 84 valence electrons. The van der Waals surface area contributed by atoms with Crippen LogP contribution in [-0.4, -0.2) is 16.2 Å². The Kier molecular flexibility index (Phi) is 1.79. The number of halogens is 1. The lowest BCUT2D eigenvalue weighted by atomic mass is 10.0. The summed E-state index contributed by atoms with van der Waals surface area (Å²) in [6, 6.07) is 2.55. The minimum Gasteiger partial charge on any atom is -0.380 e. The van der Waals surface area contributed by atoms with Crippen LogP contribution in [0.25, 0.3) is 0 Å². The van der Waals surface area contributed by atoms with Crippen molar-refractivity contribution in [2.75, 3.05) is 5.32 Å². The van der Waals surface area contributed by atoms with Crippen LogP contribution in [0.4, 0.5) is 5.69 Å². The second-order valence-corrected chi connectivity index (χ2v) is 5.81. The fourth-order valence-corrected chi connectivity index (χ4v) is 4.29. The molecule has 4 rings (SSSR count). The number of nitrogens with zero attached hydrogens (tertiary/aromatic N) is 2. The summed E-state index contributed by atoms with van der Waals surface area (Å²) in [4.78, 5) is 0. The van der Waals surface area contributed by atoms with Crippen molar-refractivity contribution in [2.24, 2.45) is 23.7 Å². The maximum atomic E-state index is 5.83. The molecule has 1 aromatic heterocycles. The van der Waals surface area contributed by atoms with Crippen LogP contribution < -0.4 is 5.32 Å². The van der Waals surface area contributed by atoms with Gasteiger partial charge in [0.25, 0.3) is 0 Å². The van der Waals surface area contributed by atoms with E-state index in [0.29, 0.717) is 11.2 Å². The summed E-state index contributed by atoms with van der Waals surface area (Å²) in [5.74, 6) is 3.87. The molecule has 0 spiro atoms. The topological polar surface area (TPSA) is 37.8 Å². The molecule has 16 heavy (non-hydrogen) atoms. The van der Waals surface area contributed by atoms with E-state index in [2.05, 4.69) is 15.5 Å². The van der Waals surface area contributed by atoms with Crippen molar-refractivity contribution in [3.05, 3.63) is 17.4 Å². The molecule has 1 aromatic rings. The van der Waals surface area contributed by atoms with Gasteiger partial charge in [0, 0.05) is 12.1 Å². The van der Waals surface area contributed by atoms with Crippen LogP contribution in [0.15, 0.2) is 12.3 Å². The average Bonchev–Trinajstić information content (AvgIpc) is 2.70. The normalized spacial score (nSPS) is 43.2. The van der Waals surface area contributed by atoms with Gasteiger partial charge in [-0.15, -0.1) is 5.10 Å². The van der Waals surface area contributed by atoms with Gasteiger partial charge in [0.1, 0.15) is 0 Å². The minimum absolute atomic E-state index is 0.471. The standard InChI is InChI=1S/C12H14ClN3/c13-9-4-8(5-14-16-9)15-12-10-6-1-2-7(3-6)11(10)12/h4-7,10-12H,1-3H2,(H,15,16). The van der Waals surface area contributed by atoms with Gasteiger partial charge in [-0.25, -0.2) is 0 Å². The number of anilines is 1. The van der Waals surface area contributed by atoms with Crippen LogP contribution in [0.2, 0.25) is 5.15 Å². The summed E-state index contributed by atoms with van der Waals surface area (Å²) in [6.45, 7) is 0. The number of aromatic nitrogens is 2. The van der Waals surface area contributed by atoms with Gasteiger partial charge in [0.2, 0.25) is 0 Å². The molecule has 1 N–H and O–H groups in total. The second-order valence-electron chi connectivity index (χ2n) is 5.43. The highest BCUT2D eigenvalue weighted by Crippen LogP contribution is 2.66. The molecule has 2 bridgehead atoms. The SMILES string of the molecule is Clc1cc(NC2C3C4CCC(C4)C23)cnn1. The van der Waals surface area contributed by atoms with Gasteiger partial charge in [-0.2, -0.15) is 5.10 Å². The third-order valence-electron chi connectivity index (χ3n) is 4.69. The van der Waals surface area contributed by atoms with Crippen LogP contribution in [-0.2, 0) is 0 Å². The van der Waals surface area contributed by atoms with Gasteiger partial charge in [-0.1, -0.05) is 11.6 Å². The van der Waals surface area contributed by atoms with Gasteiger partial charge in [0.15, 0.2) is 5.15 Å². The van der Waals surface area contributed by atoms with Crippen LogP contribution in [0, 0.1) is 23.7 Å². The first-order valence-electron chi connectivity index (χ1n) is 6.08. The lowest BCUT2D eigenvalue weighted by Crippen LogP contribution is -2.12. The maximum absolute atomic E-state index is 5.83. The molecule has 3 nitrogen and oxygen atoms in total. The molecule has 3 aliphatic carbocycles. The molecule has 0 aliphatic heterocycles. The number of nitrogens with one attached hydrogen (secondary N) is 1. The Morgan fingerprint density at radius 2 is 2.00 bits per heavy atom. The van der Waals surface area contributed by atoms with Gasteiger partial charge < -0.3 is 5.32 Å². The Balaban J connectivity index is 1.51. The molecule has 0 saturated heterocycles. The third-order valence-corrected chi connectivity index (χ3v) is 4.88. The first kappa shape index (κ1) is 9.23. The van der Waals surface area contributed by atoms with E-state index in [1.165, 1.54) is 19.3 Å². The van der Waals surface area contributed by atoms with Gasteiger partial charge in [-0.3, -0.25) is 0 Å². The van der Waals surface area contributed by atoms with Crippen molar-refractivity contribution < 1.29 is 0 Å². The predicted molar refractivity (Wildman–Crippen MR) is 62.3 cm³/mol. The third kappa shape index (κ3) is 1.21. The van der Waals surface area contributed by atoms with Crippen molar-refractivity contribution in [2.45, 2.75) is 25.3 Å². The Morgan fingerprint density at radius 3 is 2.69 bits per heavy atom. The van der Waals surface area contributed by atoms with E-state index in [-0.39, 0.29) is 0 Å². The van der Waals surface area contributed by atoms with E-state index < -0.39 is 0 Å². The zero-order valence-electron chi connectivity index (χ0n) is 8.94. The predicted octanol–water partition coefficient (Wildman–Crippen LogP) is 2.59. The van der Waals surface area contributed by atoms with Gasteiger partial charge >= 0.3 is 0 Å². The zero-order chi connectivity index (χ0) is 10.7. The summed E-state index contributed by atoms with van der Waals surface area (Å²) in [5, 5.41) is 11.7. The molecule has 3 saturated carbocycles.